The van der Waals surface area contributed by atoms with Gasteiger partial charge in [0.05, 0.1) is 12.7 Å². The first-order valence-electron chi connectivity index (χ1n) is 5.99. The van der Waals surface area contributed by atoms with Gasteiger partial charge in [-0.1, -0.05) is 12.1 Å². The lowest BCUT2D eigenvalue weighted by atomic mass is 10.1. The maximum atomic E-state index is 5.72. The quantitative estimate of drug-likeness (QED) is 0.739. The van der Waals surface area contributed by atoms with E-state index in [0.717, 1.165) is 5.88 Å². The van der Waals surface area contributed by atoms with Crippen LogP contribution in [-0.4, -0.2) is 13.2 Å². The summed E-state index contributed by atoms with van der Waals surface area (Å²) in [6, 6.07) is 10.5. The molecule has 3 rings (SSSR count). The van der Waals surface area contributed by atoms with Crippen molar-refractivity contribution >= 4 is 10.9 Å². The van der Waals surface area contributed by atoms with Crippen molar-refractivity contribution < 1.29 is 14.0 Å². The molecule has 3 heteroatoms. The van der Waals surface area contributed by atoms with Crippen molar-refractivity contribution in [2.45, 2.75) is 20.1 Å². The van der Waals surface area contributed by atoms with Gasteiger partial charge in [-0.2, -0.15) is 0 Å². The lowest BCUT2D eigenvalue weighted by Crippen LogP contribution is -2.39. The minimum atomic E-state index is 0.000463. The summed E-state index contributed by atoms with van der Waals surface area (Å²) < 4.78 is 13.6. The average molecular weight is 230 g/mol. The summed E-state index contributed by atoms with van der Waals surface area (Å²) >= 11 is 0. The highest BCUT2D eigenvalue weighted by molar-refractivity contribution is 5.79. The lowest BCUT2D eigenvalue weighted by Gasteiger charge is -2.06. The molecule has 1 aromatic heterocycles. The minimum Gasteiger partial charge on any atom is -0.434 e. The number of pyridine rings is 1. The van der Waals surface area contributed by atoms with Gasteiger partial charge in [0, 0.05) is 11.5 Å². The van der Waals surface area contributed by atoms with Gasteiger partial charge in [-0.3, -0.25) is 0 Å². The van der Waals surface area contributed by atoms with E-state index in [9.17, 15) is 0 Å². The highest BCUT2D eigenvalue weighted by atomic mass is 16.6. The topological polar surface area (TPSA) is 22.3 Å². The molecular weight excluding hydrogens is 214 g/mol. The molecule has 0 radical (unpaired) electrons. The third-order valence-electron chi connectivity index (χ3n) is 3.19. The molecule has 1 unspecified atom stereocenters. The van der Waals surface area contributed by atoms with Crippen LogP contribution in [0.3, 0.4) is 0 Å². The molecule has 88 valence electrons. The first-order chi connectivity index (χ1) is 8.31. The van der Waals surface area contributed by atoms with Crippen molar-refractivity contribution in [3.8, 4) is 5.88 Å². The monoisotopic (exact) mass is 230 g/mol. The Morgan fingerprint density at radius 1 is 1.41 bits per heavy atom. The second kappa shape index (κ2) is 4.00. The third kappa shape index (κ3) is 1.58. The maximum Gasteiger partial charge on any atom is 0.371 e. The summed E-state index contributed by atoms with van der Waals surface area (Å²) in [4.78, 5) is 0. The third-order valence-corrected chi connectivity index (χ3v) is 3.19. The van der Waals surface area contributed by atoms with Crippen LogP contribution in [0.25, 0.3) is 10.9 Å². The molecule has 2 heterocycles. The van der Waals surface area contributed by atoms with E-state index < -0.39 is 0 Å². The number of hydrogen-bond acceptors (Lipinski definition) is 2. The van der Waals surface area contributed by atoms with E-state index in [4.69, 9.17) is 9.47 Å². The van der Waals surface area contributed by atoms with E-state index in [-0.39, 0.29) is 6.23 Å². The molecule has 0 saturated carbocycles. The Hall–Kier alpha value is -1.61. The second-order valence-corrected chi connectivity index (χ2v) is 4.27. The van der Waals surface area contributed by atoms with Gasteiger partial charge in [0.15, 0.2) is 6.61 Å². The first-order valence-corrected chi connectivity index (χ1v) is 5.99. The lowest BCUT2D eigenvalue weighted by molar-refractivity contribution is -0.721. The van der Waals surface area contributed by atoms with Crippen molar-refractivity contribution in [3.05, 3.63) is 35.9 Å². The normalized spacial score (nSPS) is 18.1. The van der Waals surface area contributed by atoms with Crippen molar-refractivity contribution in [2.24, 2.45) is 0 Å². The molecule has 1 atom stereocenters. The van der Waals surface area contributed by atoms with Gasteiger partial charge in [-0.15, -0.1) is 4.57 Å². The van der Waals surface area contributed by atoms with E-state index in [0.29, 0.717) is 13.2 Å². The molecule has 0 spiro atoms. The summed E-state index contributed by atoms with van der Waals surface area (Å²) in [5.41, 5.74) is 2.42. The SMILES string of the molecule is CCOC1COc2cc(C)c3ccccc3[n+]21. The fourth-order valence-corrected chi connectivity index (χ4v) is 2.42. The van der Waals surface area contributed by atoms with E-state index in [1.54, 1.807) is 0 Å². The van der Waals surface area contributed by atoms with Crippen LogP contribution in [0.15, 0.2) is 30.3 Å². The second-order valence-electron chi connectivity index (χ2n) is 4.27. The fraction of sp³-hybridized carbons (Fsp3) is 0.357. The number of hydrogen-bond donors (Lipinski definition) is 0. The van der Waals surface area contributed by atoms with E-state index in [1.165, 1.54) is 16.5 Å². The molecule has 0 bridgehead atoms. The smallest absolute Gasteiger partial charge is 0.371 e. The largest absolute Gasteiger partial charge is 0.434 e. The molecule has 0 amide bonds. The summed E-state index contributed by atoms with van der Waals surface area (Å²) in [6.07, 6.45) is 0.000463. The standard InChI is InChI=1S/C14H16NO2/c1-3-16-14-9-17-13-8-10(2)11-6-4-5-7-12(11)15(13)14/h4-8,14H,3,9H2,1-2H3/q+1. The van der Waals surface area contributed by atoms with Crippen molar-refractivity contribution in [3.63, 3.8) is 0 Å². The predicted molar refractivity (Wildman–Crippen MR) is 65.0 cm³/mol. The molecule has 2 aromatic rings. The van der Waals surface area contributed by atoms with Crippen molar-refractivity contribution in [1.29, 1.82) is 0 Å². The molecule has 3 nitrogen and oxygen atoms in total. The zero-order valence-corrected chi connectivity index (χ0v) is 10.1. The predicted octanol–water partition coefficient (Wildman–Crippen LogP) is 2.36. The van der Waals surface area contributed by atoms with Crippen LogP contribution in [-0.2, 0) is 4.74 Å². The van der Waals surface area contributed by atoms with Crippen LogP contribution >= 0.6 is 0 Å². The van der Waals surface area contributed by atoms with Crippen LogP contribution in [0.5, 0.6) is 5.88 Å². The van der Waals surface area contributed by atoms with Gasteiger partial charge in [0.25, 0.3) is 0 Å². The van der Waals surface area contributed by atoms with Gasteiger partial charge in [0.2, 0.25) is 5.52 Å². The van der Waals surface area contributed by atoms with E-state index >= 15 is 0 Å². The Morgan fingerprint density at radius 3 is 3.06 bits per heavy atom. The van der Waals surface area contributed by atoms with Crippen LogP contribution < -0.4 is 9.30 Å². The van der Waals surface area contributed by atoms with Gasteiger partial charge in [-0.05, 0) is 25.5 Å². The van der Waals surface area contributed by atoms with Gasteiger partial charge >= 0.3 is 12.1 Å². The van der Waals surface area contributed by atoms with E-state index in [1.807, 2.05) is 6.92 Å². The molecular formula is C14H16NO2+. The highest BCUT2D eigenvalue weighted by Gasteiger charge is 2.35. The van der Waals surface area contributed by atoms with Crippen molar-refractivity contribution in [1.82, 2.24) is 0 Å². The molecule has 0 aliphatic carbocycles. The Bertz CT molecular complexity index is 565. The summed E-state index contributed by atoms with van der Waals surface area (Å²) in [7, 11) is 0. The molecule has 17 heavy (non-hydrogen) atoms. The van der Waals surface area contributed by atoms with Crippen LogP contribution in [0.2, 0.25) is 0 Å². The summed E-state index contributed by atoms with van der Waals surface area (Å²) in [5, 5.41) is 1.26. The Balaban J connectivity index is 2.26. The van der Waals surface area contributed by atoms with Gasteiger partial charge in [0.1, 0.15) is 0 Å². The summed E-state index contributed by atoms with van der Waals surface area (Å²) in [5.74, 6) is 0.902. The van der Waals surface area contributed by atoms with Crippen LogP contribution in [0.4, 0.5) is 0 Å². The summed E-state index contributed by atoms with van der Waals surface area (Å²) in [6.45, 7) is 5.42. The zero-order valence-electron chi connectivity index (χ0n) is 10.1. The molecule has 1 aliphatic rings. The molecule has 1 aromatic carbocycles. The first kappa shape index (κ1) is 10.5. The van der Waals surface area contributed by atoms with Crippen LogP contribution in [0, 0.1) is 6.92 Å². The average Bonchev–Trinajstić information content (AvgIpc) is 2.73. The van der Waals surface area contributed by atoms with Gasteiger partial charge in [-0.25, -0.2) is 0 Å². The number of para-hydroxylation sites is 1. The molecule has 1 aliphatic heterocycles. The Morgan fingerprint density at radius 2 is 2.24 bits per heavy atom. The molecule has 0 fully saturated rings. The molecule has 0 saturated heterocycles. The Kier molecular flexibility index (Phi) is 2.48. The number of aromatic nitrogens is 1. The maximum absolute atomic E-state index is 5.72. The number of nitrogens with zero attached hydrogens (tertiary/aromatic N) is 1. The zero-order chi connectivity index (χ0) is 11.8. The Labute approximate surface area is 101 Å². The molecule has 0 N–H and O–H groups in total. The fourth-order valence-electron chi connectivity index (χ4n) is 2.42. The minimum absolute atomic E-state index is 0.000463. The number of benzene rings is 1. The van der Waals surface area contributed by atoms with E-state index in [2.05, 4.69) is 41.8 Å². The van der Waals surface area contributed by atoms with Crippen molar-refractivity contribution in [2.75, 3.05) is 13.2 Å². The highest BCUT2D eigenvalue weighted by Crippen LogP contribution is 2.25. The number of rotatable bonds is 2. The number of ether oxygens (including phenoxy) is 2. The van der Waals surface area contributed by atoms with Gasteiger partial charge < -0.3 is 9.47 Å². The number of aryl methyl sites for hydroxylation is 1. The number of fused-ring (bicyclic) bond motifs is 3. The van der Waals surface area contributed by atoms with Crippen LogP contribution in [0.1, 0.15) is 18.7 Å².